The molecule has 0 aromatic heterocycles. The summed E-state index contributed by atoms with van der Waals surface area (Å²) in [6.45, 7) is 4.72. The summed E-state index contributed by atoms with van der Waals surface area (Å²) in [6.07, 6.45) is 0. The average Bonchev–Trinajstić information content (AvgIpc) is 2.25. The van der Waals surface area contributed by atoms with Crippen LogP contribution in [0.1, 0.15) is 19.4 Å². The van der Waals surface area contributed by atoms with Crippen LogP contribution in [0.2, 0.25) is 0 Å². The van der Waals surface area contributed by atoms with Gasteiger partial charge in [0.25, 0.3) is 5.69 Å². The largest absolute Gasteiger partial charge is 0.493 e. The van der Waals surface area contributed by atoms with Crippen molar-refractivity contribution in [3.05, 3.63) is 33.9 Å². The second-order valence-electron chi connectivity index (χ2n) is 3.89. The highest BCUT2D eigenvalue weighted by Gasteiger charge is 2.11. The van der Waals surface area contributed by atoms with E-state index >= 15 is 0 Å². The fourth-order valence-corrected chi connectivity index (χ4v) is 1.62. The molecule has 0 radical (unpaired) electrons. The molecular weight excluding hydrogens is 274 g/mol. The number of benzene rings is 1. The van der Waals surface area contributed by atoms with E-state index in [4.69, 9.17) is 4.74 Å². The van der Waals surface area contributed by atoms with Gasteiger partial charge in [0.1, 0.15) is 5.75 Å². The lowest BCUT2D eigenvalue weighted by Gasteiger charge is -2.11. The van der Waals surface area contributed by atoms with E-state index in [0.29, 0.717) is 23.6 Å². The molecule has 0 N–H and O–H groups in total. The molecule has 0 atom stereocenters. The van der Waals surface area contributed by atoms with Gasteiger partial charge in [0.2, 0.25) is 0 Å². The minimum atomic E-state index is -0.404. The predicted octanol–water partition coefficient (Wildman–Crippen LogP) is 3.52. The standard InChI is InChI=1S/C11H14BrNO3/c1-8(2)7-16-11-4-3-10(13(14)15)5-9(11)6-12/h3-5,8H,6-7H2,1-2H3. The smallest absolute Gasteiger partial charge is 0.270 e. The number of nitrogens with zero attached hydrogens (tertiary/aromatic N) is 1. The van der Waals surface area contributed by atoms with Gasteiger partial charge < -0.3 is 4.74 Å². The zero-order valence-electron chi connectivity index (χ0n) is 9.27. The molecule has 0 amide bonds. The van der Waals surface area contributed by atoms with E-state index in [2.05, 4.69) is 29.8 Å². The monoisotopic (exact) mass is 287 g/mol. The Labute approximate surface area is 103 Å². The van der Waals surface area contributed by atoms with E-state index < -0.39 is 4.92 Å². The number of alkyl halides is 1. The Kier molecular flexibility index (Phi) is 4.73. The number of nitro groups is 1. The Morgan fingerprint density at radius 1 is 1.50 bits per heavy atom. The van der Waals surface area contributed by atoms with Crippen molar-refractivity contribution in [2.24, 2.45) is 5.92 Å². The van der Waals surface area contributed by atoms with Crippen molar-refractivity contribution in [1.29, 1.82) is 0 Å². The fraction of sp³-hybridized carbons (Fsp3) is 0.455. The minimum absolute atomic E-state index is 0.0892. The van der Waals surface area contributed by atoms with Crippen molar-refractivity contribution in [1.82, 2.24) is 0 Å². The van der Waals surface area contributed by atoms with Crippen LogP contribution in [0.25, 0.3) is 0 Å². The SMILES string of the molecule is CC(C)COc1ccc([N+](=O)[O-])cc1CBr. The van der Waals surface area contributed by atoms with E-state index in [1.165, 1.54) is 12.1 Å². The summed E-state index contributed by atoms with van der Waals surface area (Å²) in [7, 11) is 0. The highest BCUT2D eigenvalue weighted by atomic mass is 79.9. The topological polar surface area (TPSA) is 52.4 Å². The molecule has 0 unspecified atom stereocenters. The van der Waals surface area contributed by atoms with Crippen molar-refractivity contribution >= 4 is 21.6 Å². The molecule has 0 aliphatic heterocycles. The summed E-state index contributed by atoms with van der Waals surface area (Å²) in [4.78, 5) is 10.2. The van der Waals surface area contributed by atoms with E-state index in [0.717, 1.165) is 5.56 Å². The summed E-state index contributed by atoms with van der Waals surface area (Å²) in [6, 6.07) is 4.64. The Hall–Kier alpha value is -1.10. The van der Waals surface area contributed by atoms with Crippen molar-refractivity contribution in [3.63, 3.8) is 0 Å². The molecular formula is C11H14BrNO3. The van der Waals surface area contributed by atoms with Gasteiger partial charge in [-0.1, -0.05) is 29.8 Å². The third kappa shape index (κ3) is 3.48. The van der Waals surface area contributed by atoms with E-state index in [1.54, 1.807) is 6.07 Å². The number of hydrogen-bond acceptors (Lipinski definition) is 3. The Morgan fingerprint density at radius 2 is 2.19 bits per heavy atom. The molecule has 1 rings (SSSR count). The normalized spacial score (nSPS) is 10.5. The molecule has 0 aliphatic rings. The first-order valence-electron chi connectivity index (χ1n) is 5.00. The van der Waals surface area contributed by atoms with Crippen LogP contribution >= 0.6 is 15.9 Å². The first-order valence-corrected chi connectivity index (χ1v) is 6.12. The fourth-order valence-electron chi connectivity index (χ4n) is 1.18. The zero-order chi connectivity index (χ0) is 12.1. The average molecular weight is 288 g/mol. The molecule has 0 saturated heterocycles. The van der Waals surface area contributed by atoms with Gasteiger partial charge in [-0.15, -0.1) is 0 Å². The third-order valence-electron chi connectivity index (χ3n) is 1.97. The Balaban J connectivity index is 2.89. The van der Waals surface area contributed by atoms with E-state index in [1.807, 2.05) is 0 Å². The van der Waals surface area contributed by atoms with Gasteiger partial charge in [-0.05, 0) is 12.0 Å². The van der Waals surface area contributed by atoms with Crippen molar-refractivity contribution < 1.29 is 9.66 Å². The van der Waals surface area contributed by atoms with Crippen LogP contribution in [0.5, 0.6) is 5.75 Å². The number of rotatable bonds is 5. The van der Waals surface area contributed by atoms with Crippen molar-refractivity contribution in [2.45, 2.75) is 19.2 Å². The van der Waals surface area contributed by atoms with Crippen molar-refractivity contribution in [2.75, 3.05) is 6.61 Å². The quantitative estimate of drug-likeness (QED) is 0.473. The van der Waals surface area contributed by atoms with Crippen LogP contribution in [0.15, 0.2) is 18.2 Å². The number of hydrogen-bond donors (Lipinski definition) is 0. The van der Waals surface area contributed by atoms with Gasteiger partial charge >= 0.3 is 0 Å². The van der Waals surface area contributed by atoms with Gasteiger partial charge in [0.05, 0.1) is 11.5 Å². The lowest BCUT2D eigenvalue weighted by molar-refractivity contribution is -0.384. The lowest BCUT2D eigenvalue weighted by Crippen LogP contribution is -2.06. The van der Waals surface area contributed by atoms with Crippen molar-refractivity contribution in [3.8, 4) is 5.75 Å². The molecule has 4 nitrogen and oxygen atoms in total. The third-order valence-corrected chi connectivity index (χ3v) is 2.58. The zero-order valence-corrected chi connectivity index (χ0v) is 10.9. The van der Waals surface area contributed by atoms with Crippen LogP contribution in [-0.4, -0.2) is 11.5 Å². The Morgan fingerprint density at radius 3 is 2.69 bits per heavy atom. The summed E-state index contributed by atoms with van der Waals surface area (Å²) in [5, 5.41) is 11.1. The van der Waals surface area contributed by atoms with Crippen LogP contribution in [0.4, 0.5) is 5.69 Å². The number of ether oxygens (including phenoxy) is 1. The molecule has 0 aliphatic carbocycles. The molecule has 0 fully saturated rings. The second kappa shape index (κ2) is 5.84. The first kappa shape index (κ1) is 13.0. The van der Waals surface area contributed by atoms with Crippen LogP contribution in [-0.2, 0) is 5.33 Å². The summed E-state index contributed by atoms with van der Waals surface area (Å²) >= 11 is 3.30. The van der Waals surface area contributed by atoms with Gasteiger partial charge in [-0.3, -0.25) is 10.1 Å². The van der Waals surface area contributed by atoms with Gasteiger partial charge in [0, 0.05) is 23.0 Å². The molecule has 0 heterocycles. The summed E-state index contributed by atoms with van der Waals surface area (Å²) in [5.74, 6) is 1.13. The molecule has 0 saturated carbocycles. The van der Waals surface area contributed by atoms with Gasteiger partial charge in [0.15, 0.2) is 0 Å². The molecule has 1 aromatic rings. The number of halogens is 1. The van der Waals surface area contributed by atoms with Crippen LogP contribution in [0, 0.1) is 16.0 Å². The molecule has 5 heteroatoms. The Bertz CT molecular complexity index is 379. The first-order chi connectivity index (χ1) is 7.54. The maximum absolute atomic E-state index is 10.6. The highest BCUT2D eigenvalue weighted by molar-refractivity contribution is 9.08. The molecule has 1 aromatic carbocycles. The van der Waals surface area contributed by atoms with E-state index in [9.17, 15) is 10.1 Å². The number of non-ortho nitro benzene ring substituents is 1. The minimum Gasteiger partial charge on any atom is -0.493 e. The van der Waals surface area contributed by atoms with Gasteiger partial charge in [-0.25, -0.2) is 0 Å². The second-order valence-corrected chi connectivity index (χ2v) is 4.45. The molecule has 0 bridgehead atoms. The molecule has 0 spiro atoms. The maximum Gasteiger partial charge on any atom is 0.270 e. The van der Waals surface area contributed by atoms with Crippen LogP contribution in [0.3, 0.4) is 0 Å². The van der Waals surface area contributed by atoms with Crippen LogP contribution < -0.4 is 4.74 Å². The predicted molar refractivity (Wildman–Crippen MR) is 66.1 cm³/mol. The lowest BCUT2D eigenvalue weighted by atomic mass is 10.2. The maximum atomic E-state index is 10.6. The molecule has 16 heavy (non-hydrogen) atoms. The van der Waals surface area contributed by atoms with Gasteiger partial charge in [-0.2, -0.15) is 0 Å². The van der Waals surface area contributed by atoms with E-state index in [-0.39, 0.29) is 5.69 Å². The summed E-state index contributed by atoms with van der Waals surface area (Å²) in [5.41, 5.74) is 0.890. The summed E-state index contributed by atoms with van der Waals surface area (Å²) < 4.78 is 5.57. The number of nitro benzene ring substituents is 1. The highest BCUT2D eigenvalue weighted by Crippen LogP contribution is 2.26. The molecule has 88 valence electrons.